The number of hydrogen-bond acceptors (Lipinski definition) is 5. The van der Waals surface area contributed by atoms with E-state index in [1.807, 2.05) is 37.3 Å². The lowest BCUT2D eigenvalue weighted by atomic mass is 10.0. The summed E-state index contributed by atoms with van der Waals surface area (Å²) >= 11 is 0. The van der Waals surface area contributed by atoms with Gasteiger partial charge in [-0.1, -0.05) is 36.4 Å². The quantitative estimate of drug-likeness (QED) is 0.606. The van der Waals surface area contributed by atoms with Crippen LogP contribution in [0.4, 0.5) is 10.5 Å². The Kier molecular flexibility index (Phi) is 6.17. The molecule has 5 N–H and O–H groups in total. The zero-order valence-electron chi connectivity index (χ0n) is 13.5. The molecule has 6 nitrogen and oxygen atoms in total. The fraction of sp³-hybridized carbons (Fsp3) is 0.278. The minimum Gasteiger partial charge on any atom is -0.445 e. The zero-order valence-corrected chi connectivity index (χ0v) is 13.5. The molecule has 0 aromatic heterocycles. The van der Waals surface area contributed by atoms with E-state index < -0.39 is 18.3 Å². The molecule has 2 aromatic carbocycles. The first-order valence-corrected chi connectivity index (χ1v) is 7.63. The number of aliphatic hydroxyl groups excluding tert-OH is 2. The number of rotatable bonds is 6. The number of nitrogen functional groups attached to an aromatic ring is 1. The summed E-state index contributed by atoms with van der Waals surface area (Å²) in [5, 5.41) is 22.6. The van der Waals surface area contributed by atoms with Crippen LogP contribution >= 0.6 is 0 Å². The van der Waals surface area contributed by atoms with Crippen molar-refractivity contribution in [2.75, 3.05) is 12.3 Å². The number of ether oxygens (including phenoxy) is 1. The smallest absolute Gasteiger partial charge is 0.407 e. The van der Waals surface area contributed by atoms with Crippen LogP contribution in [-0.2, 0) is 11.3 Å². The number of aliphatic hydroxyl groups is 2. The summed E-state index contributed by atoms with van der Waals surface area (Å²) in [5.41, 5.74) is 8.48. The Morgan fingerprint density at radius 1 is 1.21 bits per heavy atom. The maximum Gasteiger partial charge on any atom is 0.407 e. The van der Waals surface area contributed by atoms with Crippen molar-refractivity contribution in [3.8, 4) is 0 Å². The SMILES string of the molecule is Cc1cc(N)cc(C(O)C(O)CNC(=O)OCc2ccccc2)c1. The lowest BCUT2D eigenvalue weighted by Crippen LogP contribution is -2.35. The van der Waals surface area contributed by atoms with Gasteiger partial charge in [0, 0.05) is 12.2 Å². The van der Waals surface area contributed by atoms with Gasteiger partial charge in [0.15, 0.2) is 0 Å². The van der Waals surface area contributed by atoms with E-state index in [0.717, 1.165) is 11.1 Å². The summed E-state index contributed by atoms with van der Waals surface area (Å²) in [6.45, 7) is 1.85. The van der Waals surface area contributed by atoms with E-state index in [9.17, 15) is 15.0 Å². The summed E-state index contributed by atoms with van der Waals surface area (Å²) in [6, 6.07) is 14.4. The molecule has 2 atom stereocenters. The first kappa shape index (κ1) is 17.8. The average molecular weight is 330 g/mol. The van der Waals surface area contributed by atoms with Crippen molar-refractivity contribution in [2.24, 2.45) is 0 Å². The van der Waals surface area contributed by atoms with Crippen molar-refractivity contribution in [1.29, 1.82) is 0 Å². The number of nitrogens with one attached hydrogen (secondary N) is 1. The van der Waals surface area contributed by atoms with E-state index in [-0.39, 0.29) is 13.2 Å². The molecule has 24 heavy (non-hydrogen) atoms. The first-order valence-electron chi connectivity index (χ1n) is 7.63. The molecule has 0 fully saturated rings. The summed E-state index contributed by atoms with van der Waals surface area (Å²) in [7, 11) is 0. The standard InChI is InChI=1S/C18H22N2O4/c1-12-7-14(9-15(19)8-12)17(22)16(21)10-20-18(23)24-11-13-5-3-2-4-6-13/h2-9,16-17,21-22H,10-11,19H2,1H3,(H,20,23). The summed E-state index contributed by atoms with van der Waals surface area (Å²) in [4.78, 5) is 11.6. The molecule has 2 unspecified atom stereocenters. The van der Waals surface area contributed by atoms with Crippen molar-refractivity contribution in [3.63, 3.8) is 0 Å². The van der Waals surface area contributed by atoms with E-state index in [2.05, 4.69) is 5.32 Å². The molecule has 0 aliphatic rings. The second-order valence-corrected chi connectivity index (χ2v) is 5.63. The third-order valence-electron chi connectivity index (χ3n) is 3.50. The summed E-state index contributed by atoms with van der Waals surface area (Å²) < 4.78 is 5.04. The predicted octanol–water partition coefficient (Wildman–Crippen LogP) is 1.90. The van der Waals surface area contributed by atoms with Crippen LogP contribution in [-0.4, -0.2) is 29.0 Å². The molecule has 0 spiro atoms. The van der Waals surface area contributed by atoms with Gasteiger partial charge in [-0.2, -0.15) is 0 Å². The van der Waals surface area contributed by atoms with Gasteiger partial charge in [-0.25, -0.2) is 4.79 Å². The second kappa shape index (κ2) is 8.33. The Balaban J connectivity index is 1.81. The highest BCUT2D eigenvalue weighted by Gasteiger charge is 2.20. The molecule has 0 saturated heterocycles. The fourth-order valence-electron chi connectivity index (χ4n) is 2.31. The summed E-state index contributed by atoms with van der Waals surface area (Å²) in [5.74, 6) is 0. The minimum absolute atomic E-state index is 0.136. The van der Waals surface area contributed by atoms with Gasteiger partial charge in [-0.3, -0.25) is 0 Å². The zero-order chi connectivity index (χ0) is 17.5. The molecule has 128 valence electrons. The Bertz CT molecular complexity index is 656. The molecule has 0 aliphatic carbocycles. The van der Waals surface area contributed by atoms with Crippen LogP contribution < -0.4 is 11.1 Å². The van der Waals surface area contributed by atoms with Gasteiger partial charge in [0.25, 0.3) is 0 Å². The Hall–Kier alpha value is -2.57. The molecule has 0 radical (unpaired) electrons. The van der Waals surface area contributed by atoms with Crippen molar-refractivity contribution in [1.82, 2.24) is 5.32 Å². The Labute approximate surface area is 140 Å². The van der Waals surface area contributed by atoms with Gasteiger partial charge in [-0.05, 0) is 35.7 Å². The van der Waals surface area contributed by atoms with Crippen molar-refractivity contribution >= 4 is 11.8 Å². The lowest BCUT2D eigenvalue weighted by molar-refractivity contribution is 0.0184. The molecule has 0 aliphatic heterocycles. The van der Waals surface area contributed by atoms with Crippen LogP contribution in [0.15, 0.2) is 48.5 Å². The van der Waals surface area contributed by atoms with Gasteiger partial charge < -0.3 is 26.0 Å². The van der Waals surface area contributed by atoms with E-state index in [4.69, 9.17) is 10.5 Å². The normalized spacial score (nSPS) is 13.1. The van der Waals surface area contributed by atoms with Crippen LogP contribution in [0, 0.1) is 6.92 Å². The molecule has 0 saturated carbocycles. The molecule has 2 aromatic rings. The Morgan fingerprint density at radius 2 is 1.92 bits per heavy atom. The molecule has 0 bridgehead atoms. The van der Waals surface area contributed by atoms with E-state index >= 15 is 0 Å². The lowest BCUT2D eigenvalue weighted by Gasteiger charge is -2.19. The third kappa shape index (κ3) is 5.26. The van der Waals surface area contributed by atoms with Crippen LogP contribution in [0.5, 0.6) is 0 Å². The fourth-order valence-corrected chi connectivity index (χ4v) is 2.31. The van der Waals surface area contributed by atoms with Gasteiger partial charge in [0.1, 0.15) is 18.8 Å². The highest BCUT2D eigenvalue weighted by Crippen LogP contribution is 2.21. The summed E-state index contributed by atoms with van der Waals surface area (Å²) in [6.07, 6.45) is -2.98. The largest absolute Gasteiger partial charge is 0.445 e. The number of nitrogens with two attached hydrogens (primary N) is 1. The van der Waals surface area contributed by atoms with Gasteiger partial charge in [-0.15, -0.1) is 0 Å². The first-order chi connectivity index (χ1) is 11.5. The van der Waals surface area contributed by atoms with Crippen molar-refractivity contribution < 1.29 is 19.7 Å². The minimum atomic E-state index is -1.17. The van der Waals surface area contributed by atoms with E-state index in [1.54, 1.807) is 18.2 Å². The number of hydrogen-bond donors (Lipinski definition) is 4. The number of aryl methyl sites for hydroxylation is 1. The molecule has 6 heteroatoms. The highest BCUT2D eigenvalue weighted by molar-refractivity contribution is 5.67. The van der Waals surface area contributed by atoms with Gasteiger partial charge in [0.05, 0.1) is 0 Å². The molecule has 0 heterocycles. The number of carbonyl (C=O) groups is 1. The number of anilines is 1. The van der Waals surface area contributed by atoms with Crippen LogP contribution in [0.25, 0.3) is 0 Å². The van der Waals surface area contributed by atoms with E-state index in [1.165, 1.54) is 0 Å². The molecular formula is C18H22N2O4. The van der Waals surface area contributed by atoms with Crippen molar-refractivity contribution in [2.45, 2.75) is 25.7 Å². The molecule has 2 rings (SSSR count). The topological polar surface area (TPSA) is 105 Å². The van der Waals surface area contributed by atoms with E-state index in [0.29, 0.717) is 11.3 Å². The number of alkyl carbamates (subject to hydrolysis) is 1. The monoisotopic (exact) mass is 330 g/mol. The number of carbonyl (C=O) groups excluding carboxylic acids is 1. The number of amides is 1. The van der Waals surface area contributed by atoms with Gasteiger partial charge in [0.2, 0.25) is 0 Å². The molecular weight excluding hydrogens is 308 g/mol. The maximum atomic E-state index is 11.6. The average Bonchev–Trinajstić information content (AvgIpc) is 2.57. The van der Waals surface area contributed by atoms with Gasteiger partial charge >= 0.3 is 6.09 Å². The van der Waals surface area contributed by atoms with Crippen LogP contribution in [0.1, 0.15) is 22.8 Å². The predicted molar refractivity (Wildman–Crippen MR) is 91.2 cm³/mol. The third-order valence-corrected chi connectivity index (χ3v) is 3.50. The van der Waals surface area contributed by atoms with Crippen LogP contribution in [0.3, 0.4) is 0 Å². The second-order valence-electron chi connectivity index (χ2n) is 5.63. The molecule has 1 amide bonds. The number of benzene rings is 2. The van der Waals surface area contributed by atoms with Crippen molar-refractivity contribution in [3.05, 3.63) is 65.2 Å². The highest BCUT2D eigenvalue weighted by atomic mass is 16.5. The maximum absolute atomic E-state index is 11.6. The van der Waals surface area contributed by atoms with Crippen LogP contribution in [0.2, 0.25) is 0 Å². The Morgan fingerprint density at radius 3 is 2.58 bits per heavy atom.